The van der Waals surface area contributed by atoms with E-state index < -0.39 is 0 Å². The highest BCUT2D eigenvalue weighted by Crippen LogP contribution is 2.29. The van der Waals surface area contributed by atoms with Gasteiger partial charge >= 0.3 is 0 Å². The third-order valence-electron chi connectivity index (χ3n) is 3.59. The molecule has 0 heterocycles. The van der Waals surface area contributed by atoms with Crippen molar-refractivity contribution >= 4 is 0 Å². The van der Waals surface area contributed by atoms with Gasteiger partial charge in [-0.3, -0.25) is 0 Å². The van der Waals surface area contributed by atoms with Crippen molar-refractivity contribution in [1.82, 2.24) is 10.2 Å². The van der Waals surface area contributed by atoms with Crippen LogP contribution >= 0.6 is 0 Å². The minimum Gasteiger partial charge on any atom is -0.394 e. The SMILES string of the molecule is CCN(CCC(C)(CO)NC)CC1CC1. The standard InChI is InChI=1S/C12H26N2O/c1-4-14(9-11-5-6-11)8-7-12(2,10-15)13-3/h11,13,15H,4-10H2,1-3H3. The molecular weight excluding hydrogens is 188 g/mol. The Labute approximate surface area is 93.9 Å². The minimum absolute atomic E-state index is 0.114. The number of nitrogens with zero attached hydrogens (tertiary/aromatic N) is 1. The predicted molar refractivity (Wildman–Crippen MR) is 64.0 cm³/mol. The van der Waals surface area contributed by atoms with Gasteiger partial charge in [0.25, 0.3) is 0 Å². The van der Waals surface area contributed by atoms with E-state index in [0.29, 0.717) is 0 Å². The molecule has 0 aliphatic heterocycles. The van der Waals surface area contributed by atoms with Gasteiger partial charge < -0.3 is 15.3 Å². The molecular formula is C12H26N2O. The molecule has 0 saturated heterocycles. The second kappa shape index (κ2) is 5.83. The molecule has 1 aliphatic rings. The summed E-state index contributed by atoms with van der Waals surface area (Å²) < 4.78 is 0. The van der Waals surface area contributed by atoms with Crippen molar-refractivity contribution in [2.24, 2.45) is 5.92 Å². The summed E-state index contributed by atoms with van der Waals surface area (Å²) in [6.45, 7) is 7.98. The van der Waals surface area contributed by atoms with Gasteiger partial charge in [-0.2, -0.15) is 0 Å². The molecule has 0 spiro atoms. The summed E-state index contributed by atoms with van der Waals surface area (Å²) in [5.41, 5.74) is -0.114. The van der Waals surface area contributed by atoms with Crippen LogP contribution in [-0.4, -0.2) is 48.8 Å². The number of aliphatic hydroxyl groups excluding tert-OH is 1. The predicted octanol–water partition coefficient (Wildman–Crippen LogP) is 1.08. The molecule has 0 aromatic carbocycles. The summed E-state index contributed by atoms with van der Waals surface area (Å²) in [6, 6.07) is 0. The lowest BCUT2D eigenvalue weighted by atomic mass is 9.99. The molecule has 90 valence electrons. The smallest absolute Gasteiger partial charge is 0.0610 e. The Kier molecular flexibility index (Phi) is 5.03. The highest BCUT2D eigenvalue weighted by Gasteiger charge is 2.26. The highest BCUT2D eigenvalue weighted by molar-refractivity contribution is 4.83. The fourth-order valence-electron chi connectivity index (χ4n) is 1.73. The highest BCUT2D eigenvalue weighted by atomic mass is 16.3. The first-order valence-electron chi connectivity index (χ1n) is 6.15. The molecule has 1 saturated carbocycles. The van der Waals surface area contributed by atoms with E-state index in [1.165, 1.54) is 19.4 Å². The quantitative estimate of drug-likeness (QED) is 0.634. The van der Waals surface area contributed by atoms with Crippen LogP contribution in [0.2, 0.25) is 0 Å². The van der Waals surface area contributed by atoms with Crippen LogP contribution in [0.5, 0.6) is 0 Å². The Hall–Kier alpha value is -0.120. The third kappa shape index (κ3) is 4.49. The van der Waals surface area contributed by atoms with Gasteiger partial charge in [0.15, 0.2) is 0 Å². The van der Waals surface area contributed by atoms with Crippen molar-refractivity contribution in [2.75, 3.05) is 33.3 Å². The van der Waals surface area contributed by atoms with Gasteiger partial charge in [0.2, 0.25) is 0 Å². The average molecular weight is 214 g/mol. The summed E-state index contributed by atoms with van der Waals surface area (Å²) >= 11 is 0. The van der Waals surface area contributed by atoms with Crippen molar-refractivity contribution in [3.8, 4) is 0 Å². The summed E-state index contributed by atoms with van der Waals surface area (Å²) in [6.07, 6.45) is 3.85. The van der Waals surface area contributed by atoms with Gasteiger partial charge in [0, 0.05) is 12.1 Å². The van der Waals surface area contributed by atoms with Gasteiger partial charge in [-0.1, -0.05) is 6.92 Å². The van der Waals surface area contributed by atoms with Crippen molar-refractivity contribution in [3.05, 3.63) is 0 Å². The van der Waals surface area contributed by atoms with Gasteiger partial charge in [-0.05, 0) is 52.2 Å². The van der Waals surface area contributed by atoms with Crippen molar-refractivity contribution in [2.45, 2.75) is 38.6 Å². The number of hydrogen-bond acceptors (Lipinski definition) is 3. The van der Waals surface area contributed by atoms with Crippen LogP contribution in [0.4, 0.5) is 0 Å². The Morgan fingerprint density at radius 2 is 2.13 bits per heavy atom. The summed E-state index contributed by atoms with van der Waals surface area (Å²) in [7, 11) is 1.92. The molecule has 1 unspecified atom stereocenters. The molecule has 2 N–H and O–H groups in total. The molecule has 0 aromatic heterocycles. The second-order valence-corrected chi connectivity index (χ2v) is 5.06. The largest absolute Gasteiger partial charge is 0.394 e. The normalized spacial score (nSPS) is 20.6. The van der Waals surface area contributed by atoms with Crippen LogP contribution in [-0.2, 0) is 0 Å². The van der Waals surface area contributed by atoms with E-state index in [0.717, 1.165) is 25.4 Å². The Morgan fingerprint density at radius 1 is 1.47 bits per heavy atom. The van der Waals surface area contributed by atoms with Crippen molar-refractivity contribution in [3.63, 3.8) is 0 Å². The zero-order valence-corrected chi connectivity index (χ0v) is 10.4. The number of rotatable bonds is 8. The third-order valence-corrected chi connectivity index (χ3v) is 3.59. The van der Waals surface area contributed by atoms with Crippen LogP contribution in [0.25, 0.3) is 0 Å². The molecule has 15 heavy (non-hydrogen) atoms. The van der Waals surface area contributed by atoms with E-state index in [4.69, 9.17) is 0 Å². The maximum Gasteiger partial charge on any atom is 0.0610 e. The fraction of sp³-hybridized carbons (Fsp3) is 1.00. The summed E-state index contributed by atoms with van der Waals surface area (Å²) in [4.78, 5) is 2.50. The Morgan fingerprint density at radius 3 is 2.53 bits per heavy atom. The minimum atomic E-state index is -0.114. The molecule has 3 heteroatoms. The van der Waals surface area contributed by atoms with E-state index in [2.05, 4.69) is 24.1 Å². The van der Waals surface area contributed by atoms with Gasteiger partial charge in [-0.15, -0.1) is 0 Å². The first kappa shape index (κ1) is 12.9. The lowest BCUT2D eigenvalue weighted by Gasteiger charge is -2.30. The zero-order valence-electron chi connectivity index (χ0n) is 10.4. The first-order chi connectivity index (χ1) is 7.13. The number of nitrogens with one attached hydrogen (secondary N) is 1. The number of hydrogen-bond donors (Lipinski definition) is 2. The Bertz CT molecular complexity index is 176. The van der Waals surface area contributed by atoms with Crippen molar-refractivity contribution < 1.29 is 5.11 Å². The average Bonchev–Trinajstić information content (AvgIpc) is 3.07. The maximum atomic E-state index is 9.28. The molecule has 1 atom stereocenters. The molecule has 0 radical (unpaired) electrons. The number of likely N-dealkylation sites (N-methyl/N-ethyl adjacent to an activating group) is 1. The first-order valence-corrected chi connectivity index (χ1v) is 6.15. The van der Waals surface area contributed by atoms with Crippen LogP contribution in [0, 0.1) is 5.92 Å². The number of aliphatic hydroxyl groups is 1. The maximum absolute atomic E-state index is 9.28. The van der Waals surface area contributed by atoms with Gasteiger partial charge in [0.05, 0.1) is 6.61 Å². The van der Waals surface area contributed by atoms with Crippen molar-refractivity contribution in [1.29, 1.82) is 0 Å². The zero-order chi connectivity index (χ0) is 11.3. The lowest BCUT2D eigenvalue weighted by Crippen LogP contribution is -2.46. The molecule has 1 fully saturated rings. The van der Waals surface area contributed by atoms with E-state index in [1.807, 2.05) is 7.05 Å². The van der Waals surface area contributed by atoms with Crippen LogP contribution < -0.4 is 5.32 Å². The van der Waals surface area contributed by atoms with E-state index in [-0.39, 0.29) is 12.1 Å². The Balaban J connectivity index is 2.24. The van der Waals surface area contributed by atoms with Crippen LogP contribution in [0.1, 0.15) is 33.1 Å². The molecule has 1 rings (SSSR count). The second-order valence-electron chi connectivity index (χ2n) is 5.06. The topological polar surface area (TPSA) is 35.5 Å². The van der Waals surface area contributed by atoms with Gasteiger partial charge in [0.1, 0.15) is 0 Å². The fourth-order valence-corrected chi connectivity index (χ4v) is 1.73. The molecule has 0 bridgehead atoms. The molecule has 1 aliphatic carbocycles. The monoisotopic (exact) mass is 214 g/mol. The molecule has 3 nitrogen and oxygen atoms in total. The summed E-state index contributed by atoms with van der Waals surface area (Å²) in [5.74, 6) is 0.958. The molecule has 0 amide bonds. The summed E-state index contributed by atoms with van der Waals surface area (Å²) in [5, 5.41) is 12.5. The van der Waals surface area contributed by atoms with Gasteiger partial charge in [-0.25, -0.2) is 0 Å². The molecule has 0 aromatic rings. The van der Waals surface area contributed by atoms with E-state index >= 15 is 0 Å². The lowest BCUT2D eigenvalue weighted by molar-refractivity contribution is 0.152. The van der Waals surface area contributed by atoms with E-state index in [9.17, 15) is 5.11 Å². The van der Waals surface area contributed by atoms with E-state index in [1.54, 1.807) is 0 Å². The van der Waals surface area contributed by atoms with Crippen LogP contribution in [0.15, 0.2) is 0 Å². The van der Waals surface area contributed by atoms with Crippen LogP contribution in [0.3, 0.4) is 0 Å².